The Morgan fingerprint density at radius 3 is 3.11 bits per heavy atom. The van der Waals surface area contributed by atoms with Crippen LogP contribution in [0.1, 0.15) is 23.8 Å². The van der Waals surface area contributed by atoms with Crippen LogP contribution in [0.25, 0.3) is 0 Å². The van der Waals surface area contributed by atoms with Crippen molar-refractivity contribution in [1.82, 2.24) is 4.90 Å². The lowest BCUT2D eigenvalue weighted by molar-refractivity contribution is 0.182. The molecule has 0 amide bonds. The Labute approximate surface area is 121 Å². The van der Waals surface area contributed by atoms with E-state index >= 15 is 0 Å². The van der Waals surface area contributed by atoms with E-state index in [-0.39, 0.29) is 6.10 Å². The van der Waals surface area contributed by atoms with Gasteiger partial charge in [0.1, 0.15) is 17.6 Å². The molecule has 4 heteroatoms. The maximum absolute atomic E-state index is 6.13. The van der Waals surface area contributed by atoms with E-state index in [4.69, 9.17) is 9.15 Å². The summed E-state index contributed by atoms with van der Waals surface area (Å²) in [6.45, 7) is 1.85. The Hall–Kier alpha value is -1.26. The second kappa shape index (κ2) is 5.39. The first kappa shape index (κ1) is 12.8. The number of rotatable bonds is 2. The van der Waals surface area contributed by atoms with Gasteiger partial charge in [0, 0.05) is 23.0 Å². The summed E-state index contributed by atoms with van der Waals surface area (Å²) in [5, 5.41) is 0. The van der Waals surface area contributed by atoms with E-state index in [1.807, 2.05) is 30.3 Å². The van der Waals surface area contributed by atoms with Gasteiger partial charge in [0.25, 0.3) is 0 Å². The molecular weight excluding hydrogens is 306 g/mol. The van der Waals surface area contributed by atoms with E-state index in [1.54, 1.807) is 6.26 Å². The highest BCUT2D eigenvalue weighted by Crippen LogP contribution is 2.32. The van der Waals surface area contributed by atoms with Crippen LogP contribution in [0.4, 0.5) is 0 Å². The number of benzene rings is 1. The van der Waals surface area contributed by atoms with Crippen molar-refractivity contribution in [2.75, 3.05) is 13.6 Å². The minimum absolute atomic E-state index is 0.0630. The van der Waals surface area contributed by atoms with Crippen molar-refractivity contribution in [2.24, 2.45) is 0 Å². The van der Waals surface area contributed by atoms with Crippen LogP contribution in [0.2, 0.25) is 0 Å². The zero-order chi connectivity index (χ0) is 13.2. The van der Waals surface area contributed by atoms with Gasteiger partial charge >= 0.3 is 0 Å². The third kappa shape index (κ3) is 2.85. The highest BCUT2D eigenvalue weighted by atomic mass is 79.9. The Kier molecular flexibility index (Phi) is 3.62. The molecule has 100 valence electrons. The molecule has 1 atom stereocenters. The molecule has 1 aliphatic rings. The van der Waals surface area contributed by atoms with Gasteiger partial charge in [0.2, 0.25) is 0 Å². The summed E-state index contributed by atoms with van der Waals surface area (Å²) in [7, 11) is 2.10. The topological polar surface area (TPSA) is 25.6 Å². The number of hydrogen-bond acceptors (Lipinski definition) is 3. The Bertz CT molecular complexity index is 567. The van der Waals surface area contributed by atoms with Gasteiger partial charge in [-0.05, 0) is 31.3 Å². The fourth-order valence-electron chi connectivity index (χ4n) is 2.41. The summed E-state index contributed by atoms with van der Waals surface area (Å²) in [6.07, 6.45) is 2.78. The van der Waals surface area contributed by atoms with Crippen LogP contribution in [-0.2, 0) is 6.54 Å². The van der Waals surface area contributed by atoms with Crippen molar-refractivity contribution in [1.29, 1.82) is 0 Å². The maximum atomic E-state index is 6.13. The number of fused-ring (bicyclic) bond motifs is 1. The molecule has 0 spiro atoms. The minimum atomic E-state index is 0.0630. The molecule has 3 rings (SSSR count). The molecule has 0 saturated carbocycles. The van der Waals surface area contributed by atoms with Crippen molar-refractivity contribution in [3.05, 3.63) is 52.4 Å². The summed E-state index contributed by atoms with van der Waals surface area (Å²) in [5.74, 6) is 1.90. The monoisotopic (exact) mass is 321 g/mol. The van der Waals surface area contributed by atoms with Crippen LogP contribution in [0, 0.1) is 0 Å². The molecule has 2 heterocycles. The lowest BCUT2D eigenvalue weighted by atomic mass is 10.1. The molecule has 1 aromatic heterocycles. The van der Waals surface area contributed by atoms with Crippen molar-refractivity contribution in [3.8, 4) is 5.75 Å². The van der Waals surface area contributed by atoms with Crippen LogP contribution in [0.5, 0.6) is 5.75 Å². The van der Waals surface area contributed by atoms with Crippen LogP contribution >= 0.6 is 15.9 Å². The first-order valence-electron chi connectivity index (χ1n) is 6.39. The fraction of sp³-hybridized carbons (Fsp3) is 0.333. The smallest absolute Gasteiger partial charge is 0.128 e. The Balaban J connectivity index is 1.85. The summed E-state index contributed by atoms with van der Waals surface area (Å²) < 4.78 is 12.7. The third-order valence-corrected chi connectivity index (χ3v) is 3.88. The van der Waals surface area contributed by atoms with E-state index in [2.05, 4.69) is 27.9 Å². The fourth-order valence-corrected chi connectivity index (χ4v) is 2.79. The molecule has 0 fully saturated rings. The molecule has 1 aromatic carbocycles. The average molecular weight is 322 g/mol. The standard InChI is InChI=1S/C15H16BrNO2/c1-17-7-5-14(13-6-8-18-15(13)10-17)19-12-4-2-3-11(16)9-12/h2-4,6,8-9,14H,5,7,10H2,1H3. The second-order valence-corrected chi connectivity index (χ2v) is 5.81. The quantitative estimate of drug-likeness (QED) is 0.836. The van der Waals surface area contributed by atoms with Crippen molar-refractivity contribution < 1.29 is 9.15 Å². The van der Waals surface area contributed by atoms with Gasteiger partial charge < -0.3 is 9.15 Å². The van der Waals surface area contributed by atoms with Crippen molar-refractivity contribution in [3.63, 3.8) is 0 Å². The molecule has 0 radical (unpaired) electrons. The molecular formula is C15H16BrNO2. The number of nitrogens with zero attached hydrogens (tertiary/aromatic N) is 1. The van der Waals surface area contributed by atoms with E-state index < -0.39 is 0 Å². The van der Waals surface area contributed by atoms with Gasteiger partial charge in [-0.3, -0.25) is 4.90 Å². The SMILES string of the molecule is CN1CCC(Oc2cccc(Br)c2)c2ccoc2C1. The van der Waals surface area contributed by atoms with Gasteiger partial charge in [0.05, 0.1) is 12.8 Å². The van der Waals surface area contributed by atoms with E-state index in [1.165, 1.54) is 5.56 Å². The van der Waals surface area contributed by atoms with Gasteiger partial charge in [0.15, 0.2) is 0 Å². The lowest BCUT2D eigenvalue weighted by Gasteiger charge is -2.18. The number of hydrogen-bond donors (Lipinski definition) is 0. The van der Waals surface area contributed by atoms with Crippen LogP contribution in [0.15, 0.2) is 45.5 Å². The van der Waals surface area contributed by atoms with Gasteiger partial charge in [-0.2, -0.15) is 0 Å². The summed E-state index contributed by atoms with van der Waals surface area (Å²) in [5.41, 5.74) is 1.17. The predicted octanol–water partition coefficient (Wildman–Crippen LogP) is 4.00. The summed E-state index contributed by atoms with van der Waals surface area (Å²) >= 11 is 3.47. The number of ether oxygens (including phenoxy) is 1. The Morgan fingerprint density at radius 2 is 2.26 bits per heavy atom. The van der Waals surface area contributed by atoms with Crippen molar-refractivity contribution >= 4 is 15.9 Å². The first-order valence-corrected chi connectivity index (χ1v) is 7.19. The number of halogens is 1. The highest BCUT2D eigenvalue weighted by molar-refractivity contribution is 9.10. The predicted molar refractivity (Wildman–Crippen MR) is 77.2 cm³/mol. The normalized spacial score (nSPS) is 19.8. The second-order valence-electron chi connectivity index (χ2n) is 4.89. The molecule has 1 unspecified atom stereocenters. The minimum Gasteiger partial charge on any atom is -0.486 e. The molecule has 1 aliphatic heterocycles. The van der Waals surface area contributed by atoms with Gasteiger partial charge in [-0.1, -0.05) is 22.0 Å². The van der Waals surface area contributed by atoms with Gasteiger partial charge in [-0.25, -0.2) is 0 Å². The van der Waals surface area contributed by atoms with Crippen LogP contribution < -0.4 is 4.74 Å². The van der Waals surface area contributed by atoms with Crippen LogP contribution in [-0.4, -0.2) is 18.5 Å². The van der Waals surface area contributed by atoms with E-state index in [0.29, 0.717) is 0 Å². The average Bonchev–Trinajstić information content (AvgIpc) is 2.77. The summed E-state index contributed by atoms with van der Waals surface area (Å²) in [4.78, 5) is 2.26. The van der Waals surface area contributed by atoms with Gasteiger partial charge in [-0.15, -0.1) is 0 Å². The first-order chi connectivity index (χ1) is 9.22. The third-order valence-electron chi connectivity index (χ3n) is 3.39. The largest absolute Gasteiger partial charge is 0.486 e. The summed E-state index contributed by atoms with van der Waals surface area (Å²) in [6, 6.07) is 9.99. The zero-order valence-electron chi connectivity index (χ0n) is 10.8. The molecule has 0 aliphatic carbocycles. The molecule has 0 bridgehead atoms. The number of furan rings is 1. The molecule has 0 saturated heterocycles. The van der Waals surface area contributed by atoms with Crippen molar-refractivity contribution in [2.45, 2.75) is 19.1 Å². The highest BCUT2D eigenvalue weighted by Gasteiger charge is 2.24. The molecule has 2 aromatic rings. The van der Waals surface area contributed by atoms with Crippen LogP contribution in [0.3, 0.4) is 0 Å². The molecule has 3 nitrogen and oxygen atoms in total. The Morgan fingerprint density at radius 1 is 1.37 bits per heavy atom. The van der Waals surface area contributed by atoms with E-state index in [0.717, 1.165) is 35.5 Å². The lowest BCUT2D eigenvalue weighted by Crippen LogP contribution is -2.18. The molecule has 19 heavy (non-hydrogen) atoms. The molecule has 0 N–H and O–H groups in total. The maximum Gasteiger partial charge on any atom is 0.128 e. The zero-order valence-corrected chi connectivity index (χ0v) is 12.4. The van der Waals surface area contributed by atoms with E-state index in [9.17, 15) is 0 Å².